The summed E-state index contributed by atoms with van der Waals surface area (Å²) in [6, 6.07) is 8.54. The number of aromatic nitrogens is 2. The Morgan fingerprint density at radius 1 is 1.41 bits per heavy atom. The van der Waals surface area contributed by atoms with Gasteiger partial charge in [-0.05, 0) is 36.4 Å². The maximum Gasteiger partial charge on any atom is 0.185 e. The molecule has 0 atom stereocenters. The molecule has 0 aliphatic rings. The lowest BCUT2D eigenvalue weighted by Crippen LogP contribution is -1.98. The average molecular weight is 316 g/mol. The summed E-state index contributed by atoms with van der Waals surface area (Å²) in [7, 11) is 0. The second kappa shape index (κ2) is 8.01. The fourth-order valence-electron chi connectivity index (χ4n) is 1.77. The molecule has 0 unspecified atom stereocenters. The van der Waals surface area contributed by atoms with Crippen molar-refractivity contribution < 1.29 is 9.53 Å². The molecule has 2 rings (SSSR count). The Balaban J connectivity index is 1.98. The summed E-state index contributed by atoms with van der Waals surface area (Å²) in [5, 5.41) is 12.6. The molecule has 5 nitrogen and oxygen atoms in total. The summed E-state index contributed by atoms with van der Waals surface area (Å²) < 4.78 is 6.85. The number of ketones is 1. The topological polar surface area (TPSA) is 67.9 Å². The van der Waals surface area contributed by atoms with Crippen molar-refractivity contribution in [3.63, 3.8) is 0 Å². The molecule has 1 aromatic heterocycles. The second-order valence-corrected chi connectivity index (χ2v) is 4.77. The first-order valence-corrected chi connectivity index (χ1v) is 7.17. The van der Waals surface area contributed by atoms with Crippen LogP contribution in [-0.2, 0) is 6.54 Å². The first-order chi connectivity index (χ1) is 10.7. The third-order valence-electron chi connectivity index (χ3n) is 2.84. The van der Waals surface area contributed by atoms with Gasteiger partial charge < -0.3 is 4.74 Å². The minimum atomic E-state index is -0.114. The van der Waals surface area contributed by atoms with E-state index in [4.69, 9.17) is 21.6 Å². The first kappa shape index (κ1) is 15.8. The van der Waals surface area contributed by atoms with Crippen molar-refractivity contribution in [2.75, 3.05) is 12.5 Å². The number of carbonyl (C=O) groups is 1. The van der Waals surface area contributed by atoms with Crippen LogP contribution in [0.2, 0.25) is 0 Å². The molecule has 22 heavy (non-hydrogen) atoms. The van der Waals surface area contributed by atoms with Gasteiger partial charge in [-0.1, -0.05) is 0 Å². The van der Waals surface area contributed by atoms with E-state index in [1.807, 2.05) is 12.3 Å². The van der Waals surface area contributed by atoms with Crippen LogP contribution in [0.4, 0.5) is 0 Å². The van der Waals surface area contributed by atoms with E-state index in [2.05, 4.69) is 5.10 Å². The Kier molecular flexibility index (Phi) is 5.75. The highest BCUT2D eigenvalue weighted by Crippen LogP contribution is 2.13. The fraction of sp³-hybridized carbons (Fsp3) is 0.188. The number of carbonyl (C=O) groups excluding carboxylic acids is 1. The normalized spacial score (nSPS) is 10.5. The van der Waals surface area contributed by atoms with Gasteiger partial charge in [-0.15, -0.1) is 11.6 Å². The quantitative estimate of drug-likeness (QED) is 0.447. The maximum absolute atomic E-state index is 12.0. The van der Waals surface area contributed by atoms with E-state index in [9.17, 15) is 4.79 Å². The molecule has 0 saturated heterocycles. The fourth-order valence-corrected chi connectivity index (χ4v) is 1.95. The van der Waals surface area contributed by atoms with Crippen LogP contribution in [0, 0.1) is 11.3 Å². The molecule has 0 bridgehead atoms. The van der Waals surface area contributed by atoms with E-state index < -0.39 is 0 Å². The standard InChI is InChI=1S/C16H14ClN3O2/c17-7-9-20-12-13(11-19-20)1-6-16(21)14-2-4-15(5-3-14)22-10-8-18/h1-6,11-12H,7,9-10H2/b6-1+. The van der Waals surface area contributed by atoms with Gasteiger partial charge in [-0.3, -0.25) is 9.48 Å². The number of ether oxygens (including phenoxy) is 1. The highest BCUT2D eigenvalue weighted by atomic mass is 35.5. The average Bonchev–Trinajstić information content (AvgIpc) is 2.99. The van der Waals surface area contributed by atoms with Gasteiger partial charge in [-0.2, -0.15) is 10.4 Å². The number of hydrogen-bond acceptors (Lipinski definition) is 4. The molecule has 0 aliphatic carbocycles. The number of alkyl halides is 1. The molecule has 112 valence electrons. The van der Waals surface area contributed by atoms with E-state index in [-0.39, 0.29) is 12.4 Å². The second-order valence-electron chi connectivity index (χ2n) is 4.39. The molecule has 0 N–H and O–H groups in total. The van der Waals surface area contributed by atoms with Crippen LogP contribution in [0.5, 0.6) is 5.75 Å². The maximum atomic E-state index is 12.0. The zero-order chi connectivity index (χ0) is 15.8. The van der Waals surface area contributed by atoms with Crippen LogP contribution in [0.15, 0.2) is 42.7 Å². The summed E-state index contributed by atoms with van der Waals surface area (Å²) in [5.74, 6) is 0.936. The zero-order valence-electron chi connectivity index (χ0n) is 11.8. The Labute approximate surface area is 133 Å². The number of hydrogen-bond donors (Lipinski definition) is 0. The number of aryl methyl sites for hydroxylation is 1. The summed E-state index contributed by atoms with van der Waals surface area (Å²) >= 11 is 5.64. The van der Waals surface area contributed by atoms with Crippen molar-refractivity contribution in [1.29, 1.82) is 5.26 Å². The summed E-state index contributed by atoms with van der Waals surface area (Å²) in [6.45, 7) is 0.618. The molecule has 0 radical (unpaired) electrons. The SMILES string of the molecule is N#CCOc1ccc(C(=O)/C=C/c2cnn(CCCl)c2)cc1. The highest BCUT2D eigenvalue weighted by Gasteiger charge is 2.03. The van der Waals surface area contributed by atoms with Crippen molar-refractivity contribution in [3.8, 4) is 11.8 Å². The summed E-state index contributed by atoms with van der Waals surface area (Å²) in [4.78, 5) is 12.0. The van der Waals surface area contributed by atoms with E-state index >= 15 is 0 Å². The molecule has 0 spiro atoms. The Morgan fingerprint density at radius 3 is 2.86 bits per heavy atom. The molecule has 6 heteroatoms. The summed E-state index contributed by atoms with van der Waals surface area (Å²) in [5.41, 5.74) is 1.39. The van der Waals surface area contributed by atoms with Gasteiger partial charge in [0, 0.05) is 23.2 Å². The Morgan fingerprint density at radius 2 is 2.18 bits per heavy atom. The number of nitrogens with zero attached hydrogens (tertiary/aromatic N) is 3. The van der Waals surface area contributed by atoms with E-state index in [0.29, 0.717) is 23.7 Å². The molecule has 0 saturated carbocycles. The van der Waals surface area contributed by atoms with Gasteiger partial charge in [0.2, 0.25) is 0 Å². The van der Waals surface area contributed by atoms with Gasteiger partial charge in [0.25, 0.3) is 0 Å². The van der Waals surface area contributed by atoms with Gasteiger partial charge >= 0.3 is 0 Å². The third kappa shape index (κ3) is 4.47. The van der Waals surface area contributed by atoms with Crippen LogP contribution in [0.25, 0.3) is 6.08 Å². The van der Waals surface area contributed by atoms with Crippen LogP contribution >= 0.6 is 11.6 Å². The van der Waals surface area contributed by atoms with Crippen molar-refractivity contribution in [2.45, 2.75) is 6.54 Å². The molecule has 0 aliphatic heterocycles. The van der Waals surface area contributed by atoms with Crippen molar-refractivity contribution in [2.24, 2.45) is 0 Å². The van der Waals surface area contributed by atoms with Crippen LogP contribution < -0.4 is 4.74 Å². The van der Waals surface area contributed by atoms with Crippen LogP contribution in [-0.4, -0.2) is 28.1 Å². The number of rotatable bonds is 7. The summed E-state index contributed by atoms with van der Waals surface area (Å²) in [6.07, 6.45) is 6.70. The van der Waals surface area contributed by atoms with Gasteiger partial charge in [-0.25, -0.2) is 0 Å². The first-order valence-electron chi connectivity index (χ1n) is 6.63. The molecule has 1 aromatic carbocycles. The molecule has 2 aromatic rings. The number of benzene rings is 1. The van der Waals surface area contributed by atoms with Gasteiger partial charge in [0.1, 0.15) is 11.8 Å². The van der Waals surface area contributed by atoms with Gasteiger partial charge in [0.15, 0.2) is 12.4 Å². The third-order valence-corrected chi connectivity index (χ3v) is 3.01. The monoisotopic (exact) mass is 315 g/mol. The van der Waals surface area contributed by atoms with Crippen LogP contribution in [0.3, 0.4) is 0 Å². The Hall–Kier alpha value is -2.58. The smallest absolute Gasteiger partial charge is 0.185 e. The van der Waals surface area contributed by atoms with E-state index in [0.717, 1.165) is 5.56 Å². The molecule has 0 amide bonds. The molecular formula is C16H14ClN3O2. The lowest BCUT2D eigenvalue weighted by molar-refractivity contribution is 0.104. The molecule has 0 fully saturated rings. The Bertz CT molecular complexity index is 699. The number of nitriles is 1. The van der Waals surface area contributed by atoms with E-state index in [1.54, 1.807) is 41.2 Å². The predicted molar refractivity (Wildman–Crippen MR) is 83.9 cm³/mol. The number of halogens is 1. The predicted octanol–water partition coefficient (Wildman–Crippen LogP) is 2.92. The minimum absolute atomic E-state index is 0.0144. The van der Waals surface area contributed by atoms with Crippen molar-refractivity contribution in [3.05, 3.63) is 53.9 Å². The zero-order valence-corrected chi connectivity index (χ0v) is 12.5. The largest absolute Gasteiger partial charge is 0.479 e. The molecular weight excluding hydrogens is 302 g/mol. The highest BCUT2D eigenvalue weighted by molar-refractivity contribution is 6.17. The van der Waals surface area contributed by atoms with Gasteiger partial charge in [0.05, 0.1) is 12.7 Å². The van der Waals surface area contributed by atoms with Crippen molar-refractivity contribution >= 4 is 23.5 Å². The lowest BCUT2D eigenvalue weighted by Gasteiger charge is -2.01. The van der Waals surface area contributed by atoms with E-state index in [1.165, 1.54) is 6.08 Å². The lowest BCUT2D eigenvalue weighted by atomic mass is 10.1. The minimum Gasteiger partial charge on any atom is -0.479 e. The molecule has 1 heterocycles. The van der Waals surface area contributed by atoms with Crippen molar-refractivity contribution in [1.82, 2.24) is 9.78 Å². The van der Waals surface area contributed by atoms with Crippen LogP contribution in [0.1, 0.15) is 15.9 Å². The number of allylic oxidation sites excluding steroid dienone is 1.